The van der Waals surface area contributed by atoms with Crippen molar-refractivity contribution in [2.45, 2.75) is 20.3 Å². The molecule has 76 valence electrons. The fourth-order valence-electron chi connectivity index (χ4n) is 1.17. The SMILES string of the molecule is C=C(C)CCNc1ccc(C)cc1Cl. The van der Waals surface area contributed by atoms with Crippen molar-refractivity contribution in [2.24, 2.45) is 0 Å². The summed E-state index contributed by atoms with van der Waals surface area (Å²) >= 11 is 6.06. The van der Waals surface area contributed by atoms with Gasteiger partial charge in [-0.05, 0) is 38.0 Å². The Hall–Kier alpha value is -0.950. The number of anilines is 1. The summed E-state index contributed by atoms with van der Waals surface area (Å²) in [5.41, 5.74) is 3.36. The van der Waals surface area contributed by atoms with Crippen LogP contribution in [0.5, 0.6) is 0 Å². The molecule has 0 amide bonds. The fraction of sp³-hybridized carbons (Fsp3) is 0.333. The quantitative estimate of drug-likeness (QED) is 0.739. The van der Waals surface area contributed by atoms with Crippen LogP contribution in [-0.4, -0.2) is 6.54 Å². The third-order valence-electron chi connectivity index (χ3n) is 1.99. The van der Waals surface area contributed by atoms with Crippen LogP contribution in [0.25, 0.3) is 0 Å². The van der Waals surface area contributed by atoms with E-state index in [4.69, 9.17) is 11.6 Å². The first kappa shape index (κ1) is 11.1. The molecule has 0 atom stereocenters. The third kappa shape index (κ3) is 3.43. The monoisotopic (exact) mass is 209 g/mol. The molecule has 0 aromatic heterocycles. The zero-order valence-corrected chi connectivity index (χ0v) is 9.49. The minimum atomic E-state index is 0.784. The Balaban J connectivity index is 2.55. The normalized spacial score (nSPS) is 9.93. The molecule has 1 aromatic carbocycles. The second kappa shape index (κ2) is 5.06. The number of nitrogens with one attached hydrogen (secondary N) is 1. The molecule has 0 saturated heterocycles. The molecule has 1 nitrogen and oxygen atoms in total. The van der Waals surface area contributed by atoms with Gasteiger partial charge < -0.3 is 5.32 Å². The number of halogens is 1. The highest BCUT2D eigenvalue weighted by Gasteiger charge is 1.98. The van der Waals surface area contributed by atoms with Gasteiger partial charge >= 0.3 is 0 Å². The predicted octanol–water partition coefficient (Wildman–Crippen LogP) is 4.03. The van der Waals surface area contributed by atoms with E-state index in [1.165, 1.54) is 11.1 Å². The standard InChI is InChI=1S/C12H16ClN/c1-9(2)6-7-14-12-5-4-10(3)8-11(12)13/h4-5,8,14H,1,6-7H2,2-3H3. The van der Waals surface area contributed by atoms with Gasteiger partial charge in [0.1, 0.15) is 0 Å². The molecule has 1 aromatic rings. The maximum Gasteiger partial charge on any atom is 0.0640 e. The third-order valence-corrected chi connectivity index (χ3v) is 2.30. The smallest absolute Gasteiger partial charge is 0.0640 e. The number of rotatable bonds is 4. The topological polar surface area (TPSA) is 12.0 Å². The highest BCUT2D eigenvalue weighted by atomic mass is 35.5. The first-order chi connectivity index (χ1) is 6.59. The molecule has 1 rings (SSSR count). The van der Waals surface area contributed by atoms with Gasteiger partial charge in [0.05, 0.1) is 10.7 Å². The molecule has 0 aliphatic rings. The molecule has 0 radical (unpaired) electrons. The fourth-order valence-corrected chi connectivity index (χ4v) is 1.48. The molecule has 2 heteroatoms. The van der Waals surface area contributed by atoms with E-state index in [0.717, 1.165) is 23.7 Å². The maximum absolute atomic E-state index is 6.06. The molecular formula is C12H16ClN. The summed E-state index contributed by atoms with van der Waals surface area (Å²) in [4.78, 5) is 0. The Bertz CT molecular complexity index is 331. The first-order valence-electron chi connectivity index (χ1n) is 4.74. The average Bonchev–Trinajstić information content (AvgIpc) is 2.08. The first-order valence-corrected chi connectivity index (χ1v) is 5.12. The van der Waals surface area contributed by atoms with Gasteiger partial charge in [0.2, 0.25) is 0 Å². The summed E-state index contributed by atoms with van der Waals surface area (Å²) in [7, 11) is 0. The Morgan fingerprint density at radius 2 is 2.21 bits per heavy atom. The Labute approximate surface area is 90.8 Å². The van der Waals surface area contributed by atoms with Gasteiger partial charge in [0.15, 0.2) is 0 Å². The van der Waals surface area contributed by atoms with E-state index in [0.29, 0.717) is 0 Å². The molecule has 0 aliphatic carbocycles. The van der Waals surface area contributed by atoms with Crippen LogP contribution >= 0.6 is 11.6 Å². The highest BCUT2D eigenvalue weighted by molar-refractivity contribution is 6.33. The number of aryl methyl sites for hydroxylation is 1. The van der Waals surface area contributed by atoms with Crippen LogP contribution in [0.3, 0.4) is 0 Å². The van der Waals surface area contributed by atoms with Crippen molar-refractivity contribution in [3.8, 4) is 0 Å². The second-order valence-electron chi connectivity index (χ2n) is 3.62. The summed E-state index contributed by atoms with van der Waals surface area (Å²) in [6, 6.07) is 6.02. The van der Waals surface area contributed by atoms with Crippen molar-refractivity contribution in [1.29, 1.82) is 0 Å². The van der Waals surface area contributed by atoms with Gasteiger partial charge in [-0.3, -0.25) is 0 Å². The Morgan fingerprint density at radius 1 is 1.50 bits per heavy atom. The van der Waals surface area contributed by atoms with Gasteiger partial charge in [-0.1, -0.05) is 23.2 Å². The molecule has 0 heterocycles. The largest absolute Gasteiger partial charge is 0.384 e. The van der Waals surface area contributed by atoms with Gasteiger partial charge in [0.25, 0.3) is 0 Å². The molecule has 0 spiro atoms. The van der Waals surface area contributed by atoms with Crippen LogP contribution in [-0.2, 0) is 0 Å². The second-order valence-corrected chi connectivity index (χ2v) is 4.02. The van der Waals surface area contributed by atoms with Gasteiger partial charge in [-0.15, -0.1) is 6.58 Å². The highest BCUT2D eigenvalue weighted by Crippen LogP contribution is 2.22. The summed E-state index contributed by atoms with van der Waals surface area (Å²) in [5.74, 6) is 0. The van der Waals surface area contributed by atoms with Crippen molar-refractivity contribution < 1.29 is 0 Å². The molecule has 0 aliphatic heterocycles. The lowest BCUT2D eigenvalue weighted by Gasteiger charge is -2.08. The molecule has 0 saturated carbocycles. The van der Waals surface area contributed by atoms with Crippen LogP contribution in [0.15, 0.2) is 30.4 Å². The van der Waals surface area contributed by atoms with Crippen LogP contribution < -0.4 is 5.32 Å². The van der Waals surface area contributed by atoms with E-state index in [2.05, 4.69) is 18.0 Å². The van der Waals surface area contributed by atoms with Gasteiger partial charge in [0, 0.05) is 6.54 Å². The number of hydrogen-bond acceptors (Lipinski definition) is 1. The molecule has 14 heavy (non-hydrogen) atoms. The predicted molar refractivity (Wildman–Crippen MR) is 64.1 cm³/mol. The Morgan fingerprint density at radius 3 is 2.79 bits per heavy atom. The molecule has 0 bridgehead atoms. The summed E-state index contributed by atoms with van der Waals surface area (Å²) in [6.07, 6.45) is 0.976. The van der Waals surface area contributed by atoms with Crippen molar-refractivity contribution in [2.75, 3.05) is 11.9 Å². The van der Waals surface area contributed by atoms with Crippen molar-refractivity contribution in [3.05, 3.63) is 40.9 Å². The van der Waals surface area contributed by atoms with Crippen LogP contribution in [0.4, 0.5) is 5.69 Å². The lowest BCUT2D eigenvalue weighted by Crippen LogP contribution is -2.02. The van der Waals surface area contributed by atoms with Crippen LogP contribution in [0.2, 0.25) is 5.02 Å². The molecule has 1 N–H and O–H groups in total. The molecule has 0 fully saturated rings. The van der Waals surface area contributed by atoms with Gasteiger partial charge in [-0.25, -0.2) is 0 Å². The minimum absolute atomic E-state index is 0.784. The van der Waals surface area contributed by atoms with Crippen LogP contribution in [0.1, 0.15) is 18.9 Å². The summed E-state index contributed by atoms with van der Waals surface area (Å²) in [5, 5.41) is 4.06. The van der Waals surface area contributed by atoms with E-state index in [-0.39, 0.29) is 0 Å². The summed E-state index contributed by atoms with van der Waals surface area (Å²) < 4.78 is 0. The Kier molecular flexibility index (Phi) is 4.02. The van der Waals surface area contributed by atoms with Gasteiger partial charge in [-0.2, -0.15) is 0 Å². The summed E-state index contributed by atoms with van der Waals surface area (Å²) in [6.45, 7) is 8.79. The molecular weight excluding hydrogens is 194 g/mol. The van der Waals surface area contributed by atoms with E-state index >= 15 is 0 Å². The molecule has 0 unspecified atom stereocenters. The van der Waals surface area contributed by atoms with Crippen molar-refractivity contribution in [3.63, 3.8) is 0 Å². The number of benzene rings is 1. The number of hydrogen-bond donors (Lipinski definition) is 1. The van der Waals surface area contributed by atoms with E-state index in [1.807, 2.05) is 26.0 Å². The van der Waals surface area contributed by atoms with Crippen molar-refractivity contribution in [1.82, 2.24) is 0 Å². The van der Waals surface area contributed by atoms with Crippen LogP contribution in [0, 0.1) is 6.92 Å². The average molecular weight is 210 g/mol. The zero-order valence-electron chi connectivity index (χ0n) is 8.73. The lowest BCUT2D eigenvalue weighted by molar-refractivity contribution is 1.00. The van der Waals surface area contributed by atoms with E-state index < -0.39 is 0 Å². The lowest BCUT2D eigenvalue weighted by atomic mass is 10.2. The van der Waals surface area contributed by atoms with E-state index in [9.17, 15) is 0 Å². The maximum atomic E-state index is 6.06. The van der Waals surface area contributed by atoms with E-state index in [1.54, 1.807) is 0 Å². The minimum Gasteiger partial charge on any atom is -0.384 e. The van der Waals surface area contributed by atoms with Crippen molar-refractivity contribution >= 4 is 17.3 Å². The zero-order chi connectivity index (χ0) is 10.6.